The highest BCUT2D eigenvalue weighted by Gasteiger charge is 2.52. The number of hydrogen-bond donors (Lipinski definition) is 1. The van der Waals surface area contributed by atoms with Crippen molar-refractivity contribution in [3.05, 3.63) is 72.0 Å². The van der Waals surface area contributed by atoms with Gasteiger partial charge < -0.3 is 15.1 Å². The first-order valence-electron chi connectivity index (χ1n) is 12.9. The van der Waals surface area contributed by atoms with Crippen LogP contribution in [0.15, 0.2) is 60.7 Å². The molecule has 3 atom stereocenters. The first kappa shape index (κ1) is 28.7. The maximum absolute atomic E-state index is 13.3. The van der Waals surface area contributed by atoms with E-state index in [4.69, 9.17) is 6.42 Å². The van der Waals surface area contributed by atoms with Gasteiger partial charge in [-0.25, -0.2) is 14.2 Å². The Balaban J connectivity index is 0.000000494. The maximum Gasteiger partial charge on any atom is 0.334 e. The molecule has 38 heavy (non-hydrogen) atoms. The Morgan fingerprint density at radius 3 is 2.26 bits per heavy atom. The zero-order chi connectivity index (χ0) is 27.7. The molecule has 4 amide bonds. The maximum atomic E-state index is 13.3. The normalized spacial score (nSPS) is 20.1. The van der Waals surface area contributed by atoms with E-state index < -0.39 is 12.2 Å². The molecule has 9 heteroatoms. The minimum Gasteiger partial charge on any atom is -0.337 e. The van der Waals surface area contributed by atoms with Crippen molar-refractivity contribution in [2.24, 2.45) is 5.92 Å². The quantitative estimate of drug-likeness (QED) is 0.592. The van der Waals surface area contributed by atoms with E-state index in [9.17, 15) is 18.8 Å². The van der Waals surface area contributed by atoms with Gasteiger partial charge in [0.25, 0.3) is 0 Å². The molecule has 1 unspecified atom stereocenters. The van der Waals surface area contributed by atoms with Gasteiger partial charge in [-0.05, 0) is 30.5 Å². The largest absolute Gasteiger partial charge is 0.337 e. The fourth-order valence-corrected chi connectivity index (χ4v) is 4.68. The number of hydrazine groups is 1. The Labute approximate surface area is 224 Å². The number of benzene rings is 2. The van der Waals surface area contributed by atoms with E-state index in [1.54, 1.807) is 33.0 Å². The number of carbonyl (C=O) groups is 3. The molecule has 0 radical (unpaired) electrons. The van der Waals surface area contributed by atoms with Gasteiger partial charge in [-0.1, -0.05) is 74.7 Å². The number of urea groups is 1. The molecular formula is C29H36FN5O3. The van der Waals surface area contributed by atoms with E-state index in [-0.39, 0.29) is 49.2 Å². The third kappa shape index (κ3) is 6.69. The van der Waals surface area contributed by atoms with Crippen molar-refractivity contribution >= 4 is 17.8 Å². The monoisotopic (exact) mass is 521 g/mol. The van der Waals surface area contributed by atoms with Gasteiger partial charge in [-0.3, -0.25) is 9.59 Å². The first-order valence-corrected chi connectivity index (χ1v) is 12.9. The molecule has 1 N–H and O–H groups in total. The number of carbonyl (C=O) groups excluding carboxylic acids is 3. The number of likely N-dealkylation sites (N-methyl/N-ethyl adjacent to an activating group) is 1. The van der Waals surface area contributed by atoms with Crippen molar-refractivity contribution in [1.29, 1.82) is 0 Å². The highest BCUT2D eigenvalue weighted by Crippen LogP contribution is 2.30. The van der Waals surface area contributed by atoms with Crippen molar-refractivity contribution in [1.82, 2.24) is 25.1 Å². The predicted octanol–water partition coefficient (Wildman–Crippen LogP) is 3.32. The van der Waals surface area contributed by atoms with Crippen molar-refractivity contribution in [2.75, 3.05) is 26.2 Å². The number of amides is 4. The van der Waals surface area contributed by atoms with Gasteiger partial charge in [0.15, 0.2) is 0 Å². The van der Waals surface area contributed by atoms with Gasteiger partial charge in [0.1, 0.15) is 18.0 Å². The minimum absolute atomic E-state index is 0.0262. The summed E-state index contributed by atoms with van der Waals surface area (Å²) in [6.07, 6.45) is 5.69. The fraction of sp³-hybridized carbons (Fsp3) is 0.414. The van der Waals surface area contributed by atoms with Crippen molar-refractivity contribution in [3.8, 4) is 12.3 Å². The number of hydrogen-bond acceptors (Lipinski definition) is 4. The second kappa shape index (κ2) is 13.6. The van der Waals surface area contributed by atoms with Gasteiger partial charge in [0, 0.05) is 13.1 Å². The number of piperazine rings is 1. The molecule has 2 saturated heterocycles. The molecule has 2 aliphatic heterocycles. The fourth-order valence-electron chi connectivity index (χ4n) is 4.68. The summed E-state index contributed by atoms with van der Waals surface area (Å²) in [5.41, 5.74) is 0.968. The lowest BCUT2D eigenvalue weighted by molar-refractivity contribution is -0.191. The van der Waals surface area contributed by atoms with Crippen LogP contribution in [0, 0.1) is 24.1 Å². The van der Waals surface area contributed by atoms with Crippen LogP contribution in [0.3, 0.4) is 0 Å². The van der Waals surface area contributed by atoms with E-state index in [0.717, 1.165) is 12.0 Å². The van der Waals surface area contributed by atoms with Gasteiger partial charge in [-0.2, -0.15) is 5.01 Å². The summed E-state index contributed by atoms with van der Waals surface area (Å²) < 4.78 is 11.9. The van der Waals surface area contributed by atoms with Crippen LogP contribution in [-0.4, -0.2) is 76.0 Å². The van der Waals surface area contributed by atoms with Crippen LogP contribution < -0.4 is 5.32 Å². The molecule has 202 valence electrons. The zero-order valence-corrected chi connectivity index (χ0v) is 22.2. The molecule has 0 aliphatic carbocycles. The van der Waals surface area contributed by atoms with Crippen LogP contribution in [0.1, 0.15) is 32.8 Å². The Kier molecular flexibility index (Phi) is 10.3. The molecule has 2 aromatic rings. The van der Waals surface area contributed by atoms with Gasteiger partial charge in [0.05, 0.1) is 19.6 Å². The third-order valence-electron chi connectivity index (χ3n) is 6.83. The summed E-state index contributed by atoms with van der Waals surface area (Å²) in [6.45, 7) is 7.10. The summed E-state index contributed by atoms with van der Waals surface area (Å²) in [7, 11) is 0. The lowest BCUT2D eigenvalue weighted by Crippen LogP contribution is -2.77. The zero-order valence-electron chi connectivity index (χ0n) is 22.2. The molecule has 0 spiro atoms. The molecule has 2 aromatic carbocycles. The van der Waals surface area contributed by atoms with Gasteiger partial charge in [-0.15, -0.1) is 6.42 Å². The molecule has 0 saturated carbocycles. The lowest BCUT2D eigenvalue weighted by atomic mass is 9.92. The smallest absolute Gasteiger partial charge is 0.334 e. The molecular weight excluding hydrogens is 485 g/mol. The number of fused-ring (bicyclic) bond motifs is 1. The van der Waals surface area contributed by atoms with E-state index in [1.165, 1.54) is 17.1 Å². The second-order valence-corrected chi connectivity index (χ2v) is 9.30. The molecule has 4 rings (SSSR count). The summed E-state index contributed by atoms with van der Waals surface area (Å²) >= 11 is 0. The molecule has 2 aliphatic rings. The molecule has 0 bridgehead atoms. The number of nitrogens with zero attached hydrogens (tertiary/aromatic N) is 4. The number of rotatable bonds is 6. The van der Waals surface area contributed by atoms with Crippen LogP contribution in [0.25, 0.3) is 0 Å². The lowest BCUT2D eigenvalue weighted by Gasteiger charge is -2.55. The highest BCUT2D eigenvalue weighted by atomic mass is 19.1. The number of terminal acetylenes is 1. The van der Waals surface area contributed by atoms with E-state index in [1.807, 2.05) is 51.1 Å². The van der Waals surface area contributed by atoms with Crippen LogP contribution in [-0.2, 0) is 16.1 Å². The Morgan fingerprint density at radius 2 is 1.74 bits per heavy atom. The SMILES string of the molecule is C#CCN1CC(=O)N2[C@@H](C(C)CC)C(=O)N(CC)C[C@@H]2N1C(=O)NCc1ccccc1.Fc1ccccc1. The Morgan fingerprint density at radius 1 is 1.11 bits per heavy atom. The average molecular weight is 522 g/mol. The second-order valence-electron chi connectivity index (χ2n) is 9.30. The molecule has 8 nitrogen and oxygen atoms in total. The van der Waals surface area contributed by atoms with Gasteiger partial charge >= 0.3 is 6.03 Å². The van der Waals surface area contributed by atoms with E-state index in [2.05, 4.69) is 11.2 Å². The van der Waals surface area contributed by atoms with E-state index >= 15 is 0 Å². The third-order valence-corrected chi connectivity index (χ3v) is 6.83. The highest BCUT2D eigenvalue weighted by molar-refractivity contribution is 5.91. The van der Waals surface area contributed by atoms with Crippen LogP contribution in [0.2, 0.25) is 0 Å². The predicted molar refractivity (Wildman–Crippen MR) is 143 cm³/mol. The standard InChI is InChI=1S/C23H31N5O3.C6H5F/c1-5-13-26-16-20(29)27-19(15-25(7-3)22(30)21(27)17(4)6-2)28(26)23(31)24-14-18-11-9-8-10-12-18;7-6-4-2-1-3-5-6/h1,8-12,17,19,21H,6-7,13-16H2,2-4H3,(H,24,31);1-5H/t17?,19-,21-;/m0./s1. The minimum atomic E-state index is -0.595. The topological polar surface area (TPSA) is 76.2 Å². The Bertz CT molecular complexity index is 1120. The van der Waals surface area contributed by atoms with Crippen molar-refractivity contribution in [3.63, 3.8) is 0 Å². The Hall–Kier alpha value is -3.90. The molecule has 2 heterocycles. The molecule has 0 aromatic heterocycles. The van der Waals surface area contributed by atoms with Crippen LogP contribution in [0.5, 0.6) is 0 Å². The summed E-state index contributed by atoms with van der Waals surface area (Å²) in [5, 5.41) is 6.08. The average Bonchev–Trinajstić information content (AvgIpc) is 2.93. The summed E-state index contributed by atoms with van der Waals surface area (Å²) in [4.78, 5) is 42.9. The van der Waals surface area contributed by atoms with Crippen LogP contribution in [0.4, 0.5) is 9.18 Å². The molecule has 2 fully saturated rings. The van der Waals surface area contributed by atoms with E-state index in [0.29, 0.717) is 13.1 Å². The van der Waals surface area contributed by atoms with Gasteiger partial charge in [0.2, 0.25) is 11.8 Å². The first-order chi connectivity index (χ1) is 18.3. The van der Waals surface area contributed by atoms with Crippen molar-refractivity contribution in [2.45, 2.75) is 45.9 Å². The summed E-state index contributed by atoms with van der Waals surface area (Å²) in [6, 6.07) is 16.6. The van der Waals surface area contributed by atoms with Crippen LogP contribution >= 0.6 is 0 Å². The number of nitrogens with one attached hydrogen (secondary N) is 1. The summed E-state index contributed by atoms with van der Waals surface area (Å²) in [5.74, 6) is 2.10. The van der Waals surface area contributed by atoms with Crippen molar-refractivity contribution < 1.29 is 18.8 Å². The number of halogens is 1.